The third-order valence-corrected chi connectivity index (χ3v) is 1.95. The normalized spacial score (nSPS) is 9.56. The summed E-state index contributed by atoms with van der Waals surface area (Å²) in [6.07, 6.45) is 0. The summed E-state index contributed by atoms with van der Waals surface area (Å²) in [5.74, 6) is 0.649. The van der Waals surface area contributed by atoms with E-state index in [0.29, 0.717) is 11.5 Å². The molecule has 1 aromatic heterocycles. The summed E-state index contributed by atoms with van der Waals surface area (Å²) >= 11 is 0. The average Bonchev–Trinajstić information content (AvgIpc) is 2.29. The molecule has 0 aliphatic rings. The molecule has 0 saturated carbocycles. The van der Waals surface area contributed by atoms with Gasteiger partial charge in [0.05, 0.1) is 5.69 Å². The molecule has 0 fully saturated rings. The van der Waals surface area contributed by atoms with Crippen LogP contribution in [0.4, 0.5) is 27.7 Å². The fourth-order valence-electron chi connectivity index (χ4n) is 1.17. The van der Waals surface area contributed by atoms with Crippen LogP contribution in [-0.4, -0.2) is 4.98 Å². The van der Waals surface area contributed by atoms with Crippen LogP contribution in [0.2, 0.25) is 0 Å². The number of benzene rings is 1. The summed E-state index contributed by atoms with van der Waals surface area (Å²) in [5.41, 5.74) is 12.4. The van der Waals surface area contributed by atoms with Crippen LogP contribution in [-0.2, 0) is 0 Å². The van der Waals surface area contributed by atoms with Gasteiger partial charge in [0.1, 0.15) is 11.5 Å². The Hall–Kier alpha value is -2.21. The van der Waals surface area contributed by atoms with E-state index in [2.05, 4.69) is 15.2 Å². The predicted octanol–water partition coefficient (Wildman–Crippen LogP) is 3.24. The number of pyridine rings is 1. The molecule has 96 valence electrons. The smallest absolute Gasteiger partial charge is 0.153 e. The van der Waals surface area contributed by atoms with Crippen molar-refractivity contribution in [3.63, 3.8) is 0 Å². The molecule has 0 amide bonds. The zero-order valence-corrected chi connectivity index (χ0v) is 10.2. The Morgan fingerprint density at radius 2 is 1.56 bits per heavy atom. The number of halogens is 2. The highest BCUT2D eigenvalue weighted by Crippen LogP contribution is 2.23. The Kier molecular flexibility index (Phi) is 6.30. The van der Waals surface area contributed by atoms with E-state index in [4.69, 9.17) is 11.5 Å². The van der Waals surface area contributed by atoms with Crippen LogP contribution in [0.15, 0.2) is 52.7 Å². The first kappa shape index (κ1) is 15.8. The molecule has 1 heterocycles. The minimum Gasteiger partial charge on any atom is -0.384 e. The first-order valence-corrected chi connectivity index (χ1v) is 4.74. The van der Waals surface area contributed by atoms with E-state index < -0.39 is 0 Å². The molecule has 0 saturated heterocycles. The molecule has 0 radical (unpaired) electrons. The number of nitrogen functional groups attached to an aromatic ring is 2. The van der Waals surface area contributed by atoms with E-state index >= 15 is 0 Å². The number of hydrogen-bond donors (Lipinski definition) is 2. The second-order valence-electron chi connectivity index (χ2n) is 3.18. The van der Waals surface area contributed by atoms with E-state index in [-0.39, 0.29) is 22.9 Å². The summed E-state index contributed by atoms with van der Waals surface area (Å²) < 4.78 is 0. The van der Waals surface area contributed by atoms with Crippen LogP contribution in [0.25, 0.3) is 0 Å². The SMILES string of the molecule is Cl.F.Nc1ccc(N=Nc2ccccc2)c(N)n1. The molecular formula is C11H13ClFN5. The van der Waals surface area contributed by atoms with Crippen molar-refractivity contribution in [2.75, 3.05) is 11.5 Å². The predicted molar refractivity (Wildman–Crippen MR) is 73.4 cm³/mol. The van der Waals surface area contributed by atoms with Gasteiger partial charge < -0.3 is 11.5 Å². The van der Waals surface area contributed by atoms with E-state index in [0.717, 1.165) is 5.69 Å². The summed E-state index contributed by atoms with van der Waals surface area (Å²) in [4.78, 5) is 3.89. The van der Waals surface area contributed by atoms with Crippen molar-refractivity contribution in [1.29, 1.82) is 0 Å². The topological polar surface area (TPSA) is 89.6 Å². The molecule has 0 bridgehead atoms. The number of nitrogens with two attached hydrogens (primary N) is 2. The minimum atomic E-state index is 0. The Bertz CT molecular complexity index is 518. The highest BCUT2D eigenvalue weighted by atomic mass is 35.5. The maximum absolute atomic E-state index is 5.64. The van der Waals surface area contributed by atoms with Crippen LogP contribution >= 0.6 is 12.4 Å². The Balaban J connectivity index is 0.00000144. The Labute approximate surface area is 110 Å². The van der Waals surface area contributed by atoms with Gasteiger partial charge in [0.15, 0.2) is 5.82 Å². The van der Waals surface area contributed by atoms with Crippen molar-refractivity contribution in [3.8, 4) is 0 Å². The Morgan fingerprint density at radius 1 is 0.889 bits per heavy atom. The van der Waals surface area contributed by atoms with Gasteiger partial charge in [-0.2, -0.15) is 5.11 Å². The Morgan fingerprint density at radius 3 is 2.17 bits per heavy atom. The number of azo groups is 1. The molecule has 1 aromatic carbocycles. The maximum atomic E-state index is 5.64. The van der Waals surface area contributed by atoms with Crippen molar-refractivity contribution in [3.05, 3.63) is 42.5 Å². The highest BCUT2D eigenvalue weighted by molar-refractivity contribution is 5.85. The second kappa shape index (κ2) is 7.18. The van der Waals surface area contributed by atoms with Gasteiger partial charge in [0.25, 0.3) is 0 Å². The third kappa shape index (κ3) is 3.99. The van der Waals surface area contributed by atoms with Gasteiger partial charge in [-0.1, -0.05) is 18.2 Å². The van der Waals surface area contributed by atoms with E-state index in [1.165, 1.54) is 0 Å². The summed E-state index contributed by atoms with van der Waals surface area (Å²) in [6.45, 7) is 0. The molecule has 0 aliphatic carbocycles. The van der Waals surface area contributed by atoms with Gasteiger partial charge in [0.2, 0.25) is 0 Å². The van der Waals surface area contributed by atoms with Crippen LogP contribution in [0, 0.1) is 0 Å². The zero-order valence-electron chi connectivity index (χ0n) is 9.35. The lowest BCUT2D eigenvalue weighted by atomic mass is 10.3. The number of rotatable bonds is 2. The monoisotopic (exact) mass is 269 g/mol. The molecule has 0 unspecified atom stereocenters. The largest absolute Gasteiger partial charge is 0.384 e. The fraction of sp³-hybridized carbons (Fsp3) is 0. The van der Waals surface area contributed by atoms with Crippen LogP contribution in [0.3, 0.4) is 0 Å². The van der Waals surface area contributed by atoms with Gasteiger partial charge in [0, 0.05) is 0 Å². The molecule has 18 heavy (non-hydrogen) atoms. The molecule has 0 aliphatic heterocycles. The summed E-state index contributed by atoms with van der Waals surface area (Å²) in [7, 11) is 0. The first-order valence-electron chi connectivity index (χ1n) is 4.74. The molecule has 4 N–H and O–H groups in total. The molecule has 0 atom stereocenters. The first-order chi connectivity index (χ1) is 7.75. The number of anilines is 2. The average molecular weight is 270 g/mol. The maximum Gasteiger partial charge on any atom is 0.153 e. The molecule has 5 nitrogen and oxygen atoms in total. The molecule has 2 aromatic rings. The molecule has 7 heteroatoms. The van der Waals surface area contributed by atoms with Gasteiger partial charge in [-0.15, -0.1) is 17.5 Å². The number of hydrogen-bond acceptors (Lipinski definition) is 5. The van der Waals surface area contributed by atoms with Crippen molar-refractivity contribution in [1.82, 2.24) is 4.98 Å². The number of nitrogens with zero attached hydrogens (tertiary/aromatic N) is 3. The van der Waals surface area contributed by atoms with E-state index in [1.807, 2.05) is 30.3 Å². The van der Waals surface area contributed by atoms with Gasteiger partial charge in [-0.3, -0.25) is 4.70 Å². The highest BCUT2D eigenvalue weighted by Gasteiger charge is 1.98. The van der Waals surface area contributed by atoms with E-state index in [1.54, 1.807) is 12.1 Å². The van der Waals surface area contributed by atoms with Crippen molar-refractivity contribution in [2.45, 2.75) is 0 Å². The third-order valence-electron chi connectivity index (χ3n) is 1.95. The lowest BCUT2D eigenvalue weighted by molar-refractivity contribution is 1.11. The quantitative estimate of drug-likeness (QED) is 0.820. The fourth-order valence-corrected chi connectivity index (χ4v) is 1.17. The van der Waals surface area contributed by atoms with Crippen molar-refractivity contribution < 1.29 is 4.70 Å². The van der Waals surface area contributed by atoms with Crippen molar-refractivity contribution >= 4 is 35.4 Å². The summed E-state index contributed by atoms with van der Waals surface area (Å²) in [5, 5.41) is 8.03. The molecule has 0 spiro atoms. The van der Waals surface area contributed by atoms with Gasteiger partial charge in [-0.25, -0.2) is 4.98 Å². The minimum absolute atomic E-state index is 0. The van der Waals surface area contributed by atoms with Gasteiger partial charge in [-0.05, 0) is 24.3 Å². The van der Waals surface area contributed by atoms with Crippen LogP contribution < -0.4 is 11.5 Å². The lowest BCUT2D eigenvalue weighted by Crippen LogP contribution is -1.95. The van der Waals surface area contributed by atoms with Crippen LogP contribution in [0.1, 0.15) is 0 Å². The molecular weight excluding hydrogens is 257 g/mol. The van der Waals surface area contributed by atoms with Crippen molar-refractivity contribution in [2.24, 2.45) is 10.2 Å². The van der Waals surface area contributed by atoms with Gasteiger partial charge >= 0.3 is 0 Å². The standard InChI is InChI=1S/C11H11N5.ClH.FH/c12-10-7-6-9(11(13)14-10)16-15-8-4-2-1-3-5-8;;/h1-7H,(H4,12,13,14);2*1H. The van der Waals surface area contributed by atoms with E-state index in [9.17, 15) is 0 Å². The second-order valence-corrected chi connectivity index (χ2v) is 3.18. The van der Waals surface area contributed by atoms with Crippen LogP contribution in [0.5, 0.6) is 0 Å². The zero-order chi connectivity index (χ0) is 11.4. The molecule has 2 rings (SSSR count). The summed E-state index contributed by atoms with van der Waals surface area (Å²) in [6, 6.07) is 12.7. The lowest BCUT2D eigenvalue weighted by Gasteiger charge is -1.98. The number of aromatic nitrogens is 1.